The van der Waals surface area contributed by atoms with Crippen LogP contribution in [-0.4, -0.2) is 65.9 Å². The van der Waals surface area contributed by atoms with Gasteiger partial charge >= 0.3 is 0 Å². The van der Waals surface area contributed by atoms with Crippen molar-refractivity contribution < 1.29 is 9.59 Å². The fourth-order valence-corrected chi connectivity index (χ4v) is 4.78. The number of hydrogen-bond acceptors (Lipinski definition) is 4. The van der Waals surface area contributed by atoms with E-state index in [4.69, 9.17) is 4.98 Å². The number of fused-ring (bicyclic) bond motifs is 1. The molecule has 2 amide bonds. The first kappa shape index (κ1) is 21.4. The normalized spacial score (nSPS) is 16.5. The monoisotopic (exact) mass is 442 g/mol. The van der Waals surface area contributed by atoms with Crippen LogP contribution >= 0.6 is 0 Å². The summed E-state index contributed by atoms with van der Waals surface area (Å²) in [5, 5.41) is 0.980. The number of amides is 2. The van der Waals surface area contributed by atoms with E-state index in [0.717, 1.165) is 49.1 Å². The van der Waals surface area contributed by atoms with Crippen molar-refractivity contribution in [2.75, 3.05) is 44.2 Å². The second-order valence-electron chi connectivity index (χ2n) is 8.88. The number of hydrogen-bond donors (Lipinski definition) is 0. The molecule has 3 aromatic rings. The number of anilines is 1. The Morgan fingerprint density at radius 3 is 2.12 bits per heavy atom. The van der Waals surface area contributed by atoms with Crippen LogP contribution in [0.2, 0.25) is 0 Å². The van der Waals surface area contributed by atoms with Crippen molar-refractivity contribution in [3.8, 4) is 0 Å². The Balaban J connectivity index is 1.33. The Labute approximate surface area is 194 Å². The van der Waals surface area contributed by atoms with Gasteiger partial charge in [-0.2, -0.15) is 0 Å². The van der Waals surface area contributed by atoms with Crippen LogP contribution in [0.1, 0.15) is 46.0 Å². The standard InChI is InChI=1S/C27H30N4O2/c1-2-20-9-11-21(12-10-20)26(32)30-15-17-31(18-16-30)27(33)23-19-22-7-3-4-8-24(22)28-25(23)29-13-5-6-14-29/h3-4,7-12,19H,2,5-6,13-18H2,1H3. The first-order valence-electron chi connectivity index (χ1n) is 12.0. The van der Waals surface area contributed by atoms with Crippen molar-refractivity contribution >= 4 is 28.5 Å². The Bertz CT molecular complexity index is 1160. The highest BCUT2D eigenvalue weighted by atomic mass is 16.2. The van der Waals surface area contributed by atoms with E-state index >= 15 is 0 Å². The Hall–Kier alpha value is -3.41. The Morgan fingerprint density at radius 2 is 1.45 bits per heavy atom. The van der Waals surface area contributed by atoms with E-state index in [1.807, 2.05) is 64.4 Å². The van der Waals surface area contributed by atoms with Gasteiger partial charge in [-0.05, 0) is 49.1 Å². The molecule has 0 atom stereocenters. The summed E-state index contributed by atoms with van der Waals surface area (Å²) in [5.41, 5.74) is 3.52. The molecule has 2 saturated heterocycles. The Kier molecular flexibility index (Phi) is 5.99. The van der Waals surface area contributed by atoms with Crippen molar-refractivity contribution in [3.05, 3.63) is 71.3 Å². The number of benzene rings is 2. The van der Waals surface area contributed by atoms with Gasteiger partial charge in [-0.15, -0.1) is 0 Å². The number of nitrogens with zero attached hydrogens (tertiary/aromatic N) is 4. The number of piperazine rings is 1. The van der Waals surface area contributed by atoms with Crippen molar-refractivity contribution in [2.45, 2.75) is 26.2 Å². The van der Waals surface area contributed by atoms with Crippen LogP contribution in [0.5, 0.6) is 0 Å². The molecule has 2 aromatic carbocycles. The zero-order valence-electron chi connectivity index (χ0n) is 19.2. The van der Waals surface area contributed by atoms with E-state index in [1.54, 1.807) is 0 Å². The molecule has 33 heavy (non-hydrogen) atoms. The predicted molar refractivity (Wildman–Crippen MR) is 131 cm³/mol. The van der Waals surface area contributed by atoms with E-state index in [2.05, 4.69) is 11.8 Å². The van der Waals surface area contributed by atoms with Crippen LogP contribution in [0, 0.1) is 0 Å². The summed E-state index contributed by atoms with van der Waals surface area (Å²) in [5.74, 6) is 0.843. The van der Waals surface area contributed by atoms with Crippen LogP contribution in [0.4, 0.5) is 5.82 Å². The molecule has 1 aromatic heterocycles. The highest BCUT2D eigenvalue weighted by molar-refractivity contribution is 6.02. The van der Waals surface area contributed by atoms with E-state index in [1.165, 1.54) is 5.56 Å². The van der Waals surface area contributed by atoms with Gasteiger partial charge in [0.05, 0.1) is 11.1 Å². The van der Waals surface area contributed by atoms with Crippen LogP contribution in [-0.2, 0) is 6.42 Å². The van der Waals surface area contributed by atoms with Gasteiger partial charge in [-0.25, -0.2) is 4.98 Å². The zero-order chi connectivity index (χ0) is 22.8. The molecule has 0 aliphatic carbocycles. The van der Waals surface area contributed by atoms with Crippen molar-refractivity contribution in [1.29, 1.82) is 0 Å². The smallest absolute Gasteiger partial charge is 0.257 e. The average Bonchev–Trinajstić information content (AvgIpc) is 3.42. The van der Waals surface area contributed by atoms with Crippen molar-refractivity contribution in [1.82, 2.24) is 14.8 Å². The van der Waals surface area contributed by atoms with Crippen LogP contribution < -0.4 is 4.90 Å². The van der Waals surface area contributed by atoms with Crippen LogP contribution in [0.25, 0.3) is 10.9 Å². The Morgan fingerprint density at radius 1 is 0.818 bits per heavy atom. The highest BCUT2D eigenvalue weighted by Crippen LogP contribution is 2.28. The summed E-state index contributed by atoms with van der Waals surface area (Å²) in [6, 6.07) is 17.8. The van der Waals surface area contributed by atoms with Gasteiger partial charge in [0.2, 0.25) is 0 Å². The molecule has 2 aliphatic rings. The maximum atomic E-state index is 13.6. The molecular weight excluding hydrogens is 412 g/mol. The third kappa shape index (κ3) is 4.30. The number of carbonyl (C=O) groups excluding carboxylic acids is 2. The zero-order valence-corrected chi connectivity index (χ0v) is 19.2. The highest BCUT2D eigenvalue weighted by Gasteiger charge is 2.29. The number of para-hydroxylation sites is 1. The van der Waals surface area contributed by atoms with Crippen LogP contribution in [0.3, 0.4) is 0 Å². The van der Waals surface area contributed by atoms with Gasteiger partial charge < -0.3 is 14.7 Å². The molecule has 2 aliphatic heterocycles. The lowest BCUT2D eigenvalue weighted by Gasteiger charge is -2.35. The first-order valence-corrected chi connectivity index (χ1v) is 12.0. The molecule has 3 heterocycles. The summed E-state index contributed by atoms with van der Waals surface area (Å²) in [6.45, 7) is 6.12. The van der Waals surface area contributed by atoms with E-state index in [-0.39, 0.29) is 11.8 Å². The molecule has 0 radical (unpaired) electrons. The van der Waals surface area contributed by atoms with Gasteiger partial charge in [0, 0.05) is 50.2 Å². The molecule has 170 valence electrons. The average molecular weight is 443 g/mol. The molecule has 0 saturated carbocycles. The lowest BCUT2D eigenvalue weighted by molar-refractivity contribution is 0.0535. The summed E-state index contributed by atoms with van der Waals surface area (Å²) >= 11 is 0. The van der Waals surface area contributed by atoms with Gasteiger partial charge in [0.25, 0.3) is 11.8 Å². The second-order valence-corrected chi connectivity index (χ2v) is 8.88. The minimum Gasteiger partial charge on any atom is -0.356 e. The lowest BCUT2D eigenvalue weighted by Crippen LogP contribution is -2.50. The summed E-state index contributed by atoms with van der Waals surface area (Å²) in [6.07, 6.45) is 3.21. The molecule has 0 bridgehead atoms. The quantitative estimate of drug-likeness (QED) is 0.613. The lowest BCUT2D eigenvalue weighted by atomic mass is 10.1. The molecule has 6 nitrogen and oxygen atoms in total. The fourth-order valence-electron chi connectivity index (χ4n) is 4.78. The number of pyridine rings is 1. The van der Waals surface area contributed by atoms with Gasteiger partial charge in [0.15, 0.2) is 0 Å². The molecular formula is C27H30N4O2. The molecule has 0 spiro atoms. The number of rotatable bonds is 4. The molecule has 6 heteroatoms. The van der Waals surface area contributed by atoms with E-state index < -0.39 is 0 Å². The van der Waals surface area contributed by atoms with Gasteiger partial charge in [-0.1, -0.05) is 37.3 Å². The topological polar surface area (TPSA) is 56.8 Å². The van der Waals surface area contributed by atoms with E-state index in [0.29, 0.717) is 37.3 Å². The summed E-state index contributed by atoms with van der Waals surface area (Å²) in [4.78, 5) is 37.4. The summed E-state index contributed by atoms with van der Waals surface area (Å²) in [7, 11) is 0. The van der Waals surface area contributed by atoms with Crippen molar-refractivity contribution in [2.24, 2.45) is 0 Å². The summed E-state index contributed by atoms with van der Waals surface area (Å²) < 4.78 is 0. The maximum Gasteiger partial charge on any atom is 0.257 e. The third-order valence-corrected chi connectivity index (χ3v) is 6.80. The minimum atomic E-state index is 0.00884. The SMILES string of the molecule is CCc1ccc(C(=O)N2CCN(C(=O)c3cc4ccccc4nc3N3CCCC3)CC2)cc1. The third-order valence-electron chi connectivity index (χ3n) is 6.80. The maximum absolute atomic E-state index is 13.6. The largest absolute Gasteiger partial charge is 0.356 e. The number of aromatic nitrogens is 1. The number of aryl methyl sites for hydroxylation is 1. The second kappa shape index (κ2) is 9.22. The fraction of sp³-hybridized carbons (Fsp3) is 0.370. The molecule has 2 fully saturated rings. The molecule has 0 N–H and O–H groups in total. The first-order chi connectivity index (χ1) is 16.1. The molecule has 0 unspecified atom stereocenters. The van der Waals surface area contributed by atoms with Crippen LogP contribution in [0.15, 0.2) is 54.6 Å². The number of carbonyl (C=O) groups is 2. The van der Waals surface area contributed by atoms with E-state index in [9.17, 15) is 9.59 Å². The van der Waals surface area contributed by atoms with Crippen molar-refractivity contribution in [3.63, 3.8) is 0 Å². The van der Waals surface area contributed by atoms with Gasteiger partial charge in [0.1, 0.15) is 5.82 Å². The molecule has 5 rings (SSSR count). The predicted octanol–water partition coefficient (Wildman–Crippen LogP) is 4.00. The minimum absolute atomic E-state index is 0.00884. The van der Waals surface area contributed by atoms with Gasteiger partial charge in [-0.3, -0.25) is 9.59 Å².